The topological polar surface area (TPSA) is 17.8 Å². The SMILES string of the molecule is C=Cc1c2ccccc2nn1CC1CCC1. The lowest BCUT2D eigenvalue weighted by molar-refractivity contribution is 0.266. The summed E-state index contributed by atoms with van der Waals surface area (Å²) in [5.41, 5.74) is 2.25. The van der Waals surface area contributed by atoms with Crippen LogP contribution in [0.1, 0.15) is 25.0 Å². The maximum Gasteiger partial charge on any atom is 0.0929 e. The highest BCUT2D eigenvalue weighted by atomic mass is 15.3. The number of benzene rings is 1. The second kappa shape index (κ2) is 3.78. The maximum atomic E-state index is 4.65. The molecule has 2 aromatic rings. The lowest BCUT2D eigenvalue weighted by Gasteiger charge is -2.25. The Bertz CT molecular complexity index is 521. The van der Waals surface area contributed by atoms with Crippen molar-refractivity contribution in [3.8, 4) is 0 Å². The monoisotopic (exact) mass is 212 g/mol. The Kier molecular flexibility index (Phi) is 2.28. The van der Waals surface area contributed by atoms with Crippen LogP contribution < -0.4 is 0 Å². The number of aromatic nitrogens is 2. The molecule has 1 aromatic heterocycles. The van der Waals surface area contributed by atoms with Crippen molar-refractivity contribution >= 4 is 17.0 Å². The molecule has 1 fully saturated rings. The van der Waals surface area contributed by atoms with Crippen LogP contribution in [0.3, 0.4) is 0 Å². The second-order valence-corrected chi connectivity index (χ2v) is 4.59. The maximum absolute atomic E-state index is 4.65. The molecule has 0 spiro atoms. The number of fused-ring (bicyclic) bond motifs is 1. The van der Waals surface area contributed by atoms with Gasteiger partial charge in [0.15, 0.2) is 0 Å². The molecule has 1 saturated carbocycles. The predicted octanol–water partition coefficient (Wildman–Crippen LogP) is 3.48. The van der Waals surface area contributed by atoms with Gasteiger partial charge in [0.05, 0.1) is 11.2 Å². The van der Waals surface area contributed by atoms with Crippen LogP contribution in [-0.2, 0) is 6.54 Å². The Balaban J connectivity index is 2.04. The van der Waals surface area contributed by atoms with Crippen LogP contribution >= 0.6 is 0 Å². The molecular formula is C14H16N2. The van der Waals surface area contributed by atoms with Gasteiger partial charge in [-0.3, -0.25) is 4.68 Å². The van der Waals surface area contributed by atoms with E-state index >= 15 is 0 Å². The van der Waals surface area contributed by atoms with Gasteiger partial charge in [-0.2, -0.15) is 5.10 Å². The van der Waals surface area contributed by atoms with Crippen LogP contribution in [0.15, 0.2) is 30.8 Å². The number of nitrogens with zero attached hydrogens (tertiary/aromatic N) is 2. The van der Waals surface area contributed by atoms with E-state index in [1.54, 1.807) is 0 Å². The molecule has 0 amide bonds. The molecule has 0 atom stereocenters. The molecule has 0 unspecified atom stereocenters. The number of hydrogen-bond donors (Lipinski definition) is 0. The van der Waals surface area contributed by atoms with Crippen LogP contribution in [0.25, 0.3) is 17.0 Å². The van der Waals surface area contributed by atoms with Gasteiger partial charge in [0.25, 0.3) is 0 Å². The average molecular weight is 212 g/mol. The van der Waals surface area contributed by atoms with Gasteiger partial charge in [0.2, 0.25) is 0 Å². The van der Waals surface area contributed by atoms with E-state index in [0.717, 1.165) is 18.0 Å². The minimum absolute atomic E-state index is 0.827. The van der Waals surface area contributed by atoms with E-state index in [2.05, 4.69) is 34.6 Å². The van der Waals surface area contributed by atoms with Crippen molar-refractivity contribution in [2.75, 3.05) is 0 Å². The molecule has 0 bridgehead atoms. The second-order valence-electron chi connectivity index (χ2n) is 4.59. The Morgan fingerprint density at radius 3 is 2.88 bits per heavy atom. The first-order valence-corrected chi connectivity index (χ1v) is 5.96. The molecule has 0 radical (unpaired) electrons. The molecule has 1 aliphatic carbocycles. The van der Waals surface area contributed by atoms with Crippen LogP contribution in [-0.4, -0.2) is 9.78 Å². The molecule has 2 nitrogen and oxygen atoms in total. The van der Waals surface area contributed by atoms with Gasteiger partial charge < -0.3 is 0 Å². The van der Waals surface area contributed by atoms with E-state index in [9.17, 15) is 0 Å². The molecule has 82 valence electrons. The van der Waals surface area contributed by atoms with E-state index in [0.29, 0.717) is 0 Å². The largest absolute Gasteiger partial charge is 0.264 e. The molecular weight excluding hydrogens is 196 g/mol. The standard InChI is InChI=1S/C14H16N2/c1-2-14-12-8-3-4-9-13(12)15-16(14)10-11-6-5-7-11/h2-4,8-9,11H,1,5-7,10H2. The zero-order valence-corrected chi connectivity index (χ0v) is 9.39. The Morgan fingerprint density at radius 2 is 2.19 bits per heavy atom. The Morgan fingerprint density at radius 1 is 1.38 bits per heavy atom. The van der Waals surface area contributed by atoms with Gasteiger partial charge in [-0.25, -0.2) is 0 Å². The molecule has 0 aliphatic heterocycles. The van der Waals surface area contributed by atoms with Gasteiger partial charge in [-0.05, 0) is 30.9 Å². The van der Waals surface area contributed by atoms with Crippen molar-refractivity contribution < 1.29 is 0 Å². The molecule has 16 heavy (non-hydrogen) atoms. The first kappa shape index (κ1) is 9.64. The fraction of sp³-hybridized carbons (Fsp3) is 0.357. The highest BCUT2D eigenvalue weighted by Crippen LogP contribution is 2.29. The van der Waals surface area contributed by atoms with E-state index in [4.69, 9.17) is 0 Å². The summed E-state index contributed by atoms with van der Waals surface area (Å²) in [6, 6.07) is 8.29. The quantitative estimate of drug-likeness (QED) is 0.761. The molecule has 2 heteroatoms. The van der Waals surface area contributed by atoms with Crippen molar-refractivity contribution in [3.63, 3.8) is 0 Å². The van der Waals surface area contributed by atoms with Crippen LogP contribution in [0.4, 0.5) is 0 Å². The van der Waals surface area contributed by atoms with Crippen molar-refractivity contribution in [1.29, 1.82) is 0 Å². The summed E-state index contributed by atoms with van der Waals surface area (Å²) in [7, 11) is 0. The number of hydrogen-bond acceptors (Lipinski definition) is 1. The van der Waals surface area contributed by atoms with E-state index in [1.165, 1.54) is 30.3 Å². The summed E-state index contributed by atoms with van der Waals surface area (Å²) in [5, 5.41) is 5.87. The van der Waals surface area contributed by atoms with E-state index in [-0.39, 0.29) is 0 Å². The van der Waals surface area contributed by atoms with Crippen LogP contribution in [0.2, 0.25) is 0 Å². The van der Waals surface area contributed by atoms with Gasteiger partial charge in [0.1, 0.15) is 0 Å². The fourth-order valence-corrected chi connectivity index (χ4v) is 2.37. The summed E-state index contributed by atoms with van der Waals surface area (Å²) >= 11 is 0. The average Bonchev–Trinajstić information content (AvgIpc) is 2.60. The van der Waals surface area contributed by atoms with Crippen molar-refractivity contribution in [3.05, 3.63) is 36.5 Å². The summed E-state index contributed by atoms with van der Waals surface area (Å²) in [6.07, 6.45) is 6.02. The Labute approximate surface area is 95.6 Å². The predicted molar refractivity (Wildman–Crippen MR) is 67.2 cm³/mol. The minimum atomic E-state index is 0.827. The van der Waals surface area contributed by atoms with Gasteiger partial charge >= 0.3 is 0 Å². The van der Waals surface area contributed by atoms with E-state index < -0.39 is 0 Å². The van der Waals surface area contributed by atoms with Crippen molar-refractivity contribution in [1.82, 2.24) is 9.78 Å². The summed E-state index contributed by atoms with van der Waals surface area (Å²) in [5.74, 6) is 0.827. The molecule has 0 N–H and O–H groups in total. The highest BCUT2D eigenvalue weighted by Gasteiger charge is 2.19. The van der Waals surface area contributed by atoms with Gasteiger partial charge in [-0.15, -0.1) is 0 Å². The van der Waals surface area contributed by atoms with Crippen LogP contribution in [0.5, 0.6) is 0 Å². The Hall–Kier alpha value is -1.57. The lowest BCUT2D eigenvalue weighted by Crippen LogP contribution is -2.19. The third-order valence-electron chi connectivity index (χ3n) is 3.54. The smallest absolute Gasteiger partial charge is 0.0929 e. The number of rotatable bonds is 3. The fourth-order valence-electron chi connectivity index (χ4n) is 2.37. The molecule has 1 aromatic carbocycles. The molecule has 3 rings (SSSR count). The van der Waals surface area contributed by atoms with E-state index in [1.807, 2.05) is 12.1 Å². The first-order valence-electron chi connectivity index (χ1n) is 5.96. The third kappa shape index (κ3) is 1.45. The van der Waals surface area contributed by atoms with Crippen LogP contribution in [0, 0.1) is 5.92 Å². The lowest BCUT2D eigenvalue weighted by atomic mass is 9.85. The zero-order valence-electron chi connectivity index (χ0n) is 9.39. The summed E-state index contributed by atoms with van der Waals surface area (Å²) in [4.78, 5) is 0. The third-order valence-corrected chi connectivity index (χ3v) is 3.54. The van der Waals surface area contributed by atoms with Gasteiger partial charge in [-0.1, -0.05) is 31.2 Å². The molecule has 0 saturated heterocycles. The molecule has 1 aliphatic rings. The highest BCUT2D eigenvalue weighted by molar-refractivity contribution is 5.86. The first-order chi connectivity index (χ1) is 7.88. The normalized spacial score (nSPS) is 16.2. The summed E-state index contributed by atoms with van der Waals surface area (Å²) in [6.45, 7) is 4.96. The van der Waals surface area contributed by atoms with Gasteiger partial charge in [0, 0.05) is 11.9 Å². The molecule has 1 heterocycles. The van der Waals surface area contributed by atoms with Crippen molar-refractivity contribution in [2.24, 2.45) is 5.92 Å². The zero-order chi connectivity index (χ0) is 11.0. The van der Waals surface area contributed by atoms with Crippen molar-refractivity contribution in [2.45, 2.75) is 25.8 Å². The minimum Gasteiger partial charge on any atom is -0.264 e. The summed E-state index contributed by atoms with van der Waals surface area (Å²) < 4.78 is 2.13.